The molecular weight excluding hydrogens is 576 g/mol. The zero-order chi connectivity index (χ0) is 30.1. The second kappa shape index (κ2) is 11.6. The minimum atomic E-state index is -1.07. The highest BCUT2D eigenvalue weighted by molar-refractivity contribution is 6.31. The third kappa shape index (κ3) is 6.00. The highest BCUT2D eigenvalue weighted by Gasteiger charge is 2.33. The van der Waals surface area contributed by atoms with Gasteiger partial charge in [0.1, 0.15) is 12.1 Å². The van der Waals surface area contributed by atoms with Gasteiger partial charge in [0.25, 0.3) is 11.4 Å². The Morgan fingerprint density at radius 2 is 1.86 bits per heavy atom. The maximum atomic E-state index is 13.4. The molecule has 13 nitrogen and oxygen atoms in total. The first kappa shape index (κ1) is 28.5. The number of benzene rings is 2. The monoisotopic (exact) mass is 604 g/mol. The van der Waals surface area contributed by atoms with E-state index in [0.29, 0.717) is 54.6 Å². The summed E-state index contributed by atoms with van der Waals surface area (Å²) in [5, 5.41) is 20.1. The molecule has 0 radical (unpaired) electrons. The van der Waals surface area contributed by atoms with Crippen molar-refractivity contribution < 1.29 is 19.2 Å². The number of likely N-dealkylation sites (tertiary alicyclic amines) is 1. The smallest absolute Gasteiger partial charge is 0.404 e. The molecule has 3 N–H and O–H groups in total. The van der Waals surface area contributed by atoms with Crippen molar-refractivity contribution in [2.24, 2.45) is 12.8 Å². The van der Waals surface area contributed by atoms with Crippen LogP contribution in [0, 0.1) is 0 Å². The Kier molecular flexibility index (Phi) is 7.69. The quantitative estimate of drug-likeness (QED) is 0.268. The molecular formula is C29H29ClN8O5. The van der Waals surface area contributed by atoms with Crippen LogP contribution in [0.4, 0.5) is 4.79 Å². The van der Waals surface area contributed by atoms with Gasteiger partial charge < -0.3 is 20.1 Å². The highest BCUT2D eigenvalue weighted by atomic mass is 35.5. The van der Waals surface area contributed by atoms with Crippen molar-refractivity contribution in [1.29, 1.82) is 0 Å². The van der Waals surface area contributed by atoms with E-state index in [4.69, 9.17) is 26.6 Å². The van der Waals surface area contributed by atoms with Crippen molar-refractivity contribution in [3.63, 3.8) is 0 Å². The van der Waals surface area contributed by atoms with Crippen LogP contribution in [0.2, 0.25) is 5.02 Å². The third-order valence-corrected chi connectivity index (χ3v) is 8.08. The number of aryl methyl sites for hydroxylation is 1. The van der Waals surface area contributed by atoms with Crippen molar-refractivity contribution in [2.45, 2.75) is 38.1 Å². The number of carbonyl (C=O) groups is 1. The summed E-state index contributed by atoms with van der Waals surface area (Å²) in [6, 6.07) is 12.9. The Bertz CT molecular complexity index is 1830. The minimum Gasteiger partial charge on any atom is -0.445 e. The van der Waals surface area contributed by atoms with Crippen LogP contribution >= 0.6 is 11.6 Å². The van der Waals surface area contributed by atoms with Crippen LogP contribution in [0.1, 0.15) is 24.0 Å². The van der Waals surface area contributed by atoms with Crippen molar-refractivity contribution in [1.82, 2.24) is 34.4 Å². The standard InChI is InChI=1S/C29H29ClN8O5/c1-36-25(19-4-2-18(3-5-19)14-42-28(31)40)23-24(35-36)27(39)38(17-33-23)15-29(41)8-10-37(11-9-29)13-21-7-6-20(12-22(21)30)26-32-16-34-43-26/h2-7,12,16-17,41H,8-11,13-15H2,1H3,(H2,31,40). The van der Waals surface area contributed by atoms with Gasteiger partial charge >= 0.3 is 6.09 Å². The normalized spacial score (nSPS) is 15.1. The van der Waals surface area contributed by atoms with Crippen LogP contribution in [0.3, 0.4) is 0 Å². The summed E-state index contributed by atoms with van der Waals surface area (Å²) >= 11 is 6.54. The Morgan fingerprint density at radius 1 is 1.12 bits per heavy atom. The van der Waals surface area contributed by atoms with Gasteiger partial charge in [-0.2, -0.15) is 10.1 Å². The topological polar surface area (TPSA) is 167 Å². The lowest BCUT2D eigenvalue weighted by atomic mass is 9.91. The third-order valence-electron chi connectivity index (χ3n) is 7.73. The van der Waals surface area contributed by atoms with E-state index in [0.717, 1.165) is 22.3 Å². The van der Waals surface area contributed by atoms with Crippen LogP contribution in [0.15, 0.2) is 64.4 Å². The number of ether oxygens (including phenoxy) is 1. The van der Waals surface area contributed by atoms with E-state index < -0.39 is 11.7 Å². The molecule has 0 unspecified atom stereocenters. The fourth-order valence-electron chi connectivity index (χ4n) is 5.40. The molecule has 0 spiro atoms. The Balaban J connectivity index is 1.13. The number of hydrogen-bond acceptors (Lipinski definition) is 10. The molecule has 1 aliphatic rings. The molecule has 6 rings (SSSR count). The van der Waals surface area contributed by atoms with Crippen LogP contribution < -0.4 is 11.3 Å². The lowest BCUT2D eigenvalue weighted by molar-refractivity contribution is -0.0364. The number of carbonyl (C=O) groups excluding carboxylic acids is 1. The van der Waals surface area contributed by atoms with E-state index >= 15 is 0 Å². The Labute approximate surface area is 250 Å². The van der Waals surface area contributed by atoms with Gasteiger partial charge in [-0.3, -0.25) is 18.9 Å². The van der Waals surface area contributed by atoms with E-state index in [1.54, 1.807) is 29.9 Å². The fraction of sp³-hybridized carbons (Fsp3) is 0.310. The van der Waals surface area contributed by atoms with Gasteiger partial charge in [-0.1, -0.05) is 47.1 Å². The molecule has 3 aromatic heterocycles. The molecule has 0 saturated carbocycles. The zero-order valence-electron chi connectivity index (χ0n) is 23.3. The van der Waals surface area contributed by atoms with E-state index in [1.807, 2.05) is 24.3 Å². The predicted octanol–water partition coefficient (Wildman–Crippen LogP) is 3.12. The van der Waals surface area contributed by atoms with Gasteiger partial charge in [-0.15, -0.1) is 0 Å². The molecule has 0 atom stereocenters. The SMILES string of the molecule is Cn1nc2c(=O)n(CC3(O)CCN(Cc4ccc(-c5ncno5)cc4Cl)CC3)cnc2c1-c1ccc(COC(N)=O)cc1. The molecule has 0 aliphatic carbocycles. The average molecular weight is 605 g/mol. The fourth-order valence-corrected chi connectivity index (χ4v) is 5.64. The molecule has 5 aromatic rings. The maximum absolute atomic E-state index is 13.4. The number of nitrogens with zero attached hydrogens (tertiary/aromatic N) is 7. The molecule has 4 heterocycles. The van der Waals surface area contributed by atoms with Crippen LogP contribution in [-0.4, -0.2) is 64.3 Å². The Hall–Kier alpha value is -4.59. The molecule has 222 valence electrons. The molecule has 1 aliphatic heterocycles. The number of piperidine rings is 1. The first-order valence-electron chi connectivity index (χ1n) is 13.6. The van der Waals surface area contributed by atoms with Crippen molar-refractivity contribution >= 4 is 28.7 Å². The zero-order valence-corrected chi connectivity index (χ0v) is 24.1. The molecule has 0 bridgehead atoms. The minimum absolute atomic E-state index is 0.0642. The summed E-state index contributed by atoms with van der Waals surface area (Å²) in [6.45, 7) is 2.08. The molecule has 43 heavy (non-hydrogen) atoms. The van der Waals surface area contributed by atoms with Crippen molar-refractivity contribution in [3.05, 3.63) is 81.6 Å². The number of aliphatic hydroxyl groups is 1. The summed E-state index contributed by atoms with van der Waals surface area (Å²) in [4.78, 5) is 35.2. The lowest BCUT2D eigenvalue weighted by Crippen LogP contribution is -2.47. The van der Waals surface area contributed by atoms with Crippen LogP contribution in [0.25, 0.3) is 33.7 Å². The molecule has 1 saturated heterocycles. The number of amides is 1. The molecule has 2 aromatic carbocycles. The van der Waals surface area contributed by atoms with E-state index in [2.05, 4.69) is 25.1 Å². The number of hydrogen-bond donors (Lipinski definition) is 2. The largest absolute Gasteiger partial charge is 0.445 e. The number of primary amides is 1. The summed E-state index contributed by atoms with van der Waals surface area (Å²) in [6.07, 6.45) is 2.94. The van der Waals surface area contributed by atoms with Gasteiger partial charge in [0.05, 0.1) is 24.2 Å². The summed E-state index contributed by atoms with van der Waals surface area (Å²) in [5.41, 5.74) is 8.30. The second-order valence-electron chi connectivity index (χ2n) is 10.7. The predicted molar refractivity (Wildman–Crippen MR) is 157 cm³/mol. The lowest BCUT2D eigenvalue weighted by Gasteiger charge is -2.38. The van der Waals surface area contributed by atoms with Gasteiger partial charge in [0, 0.05) is 42.8 Å². The van der Waals surface area contributed by atoms with Crippen LogP contribution in [-0.2, 0) is 31.5 Å². The van der Waals surface area contributed by atoms with Gasteiger partial charge in [-0.25, -0.2) is 9.78 Å². The number of aromatic nitrogens is 6. The number of halogens is 1. The maximum Gasteiger partial charge on any atom is 0.404 e. The summed E-state index contributed by atoms with van der Waals surface area (Å²) in [7, 11) is 1.75. The van der Waals surface area contributed by atoms with E-state index in [-0.39, 0.29) is 24.2 Å². The first-order chi connectivity index (χ1) is 20.7. The molecule has 14 heteroatoms. The summed E-state index contributed by atoms with van der Waals surface area (Å²) < 4.78 is 13.0. The van der Waals surface area contributed by atoms with E-state index in [1.165, 1.54) is 17.2 Å². The Morgan fingerprint density at radius 3 is 2.53 bits per heavy atom. The van der Waals surface area contributed by atoms with E-state index in [9.17, 15) is 14.7 Å². The molecule has 1 fully saturated rings. The first-order valence-corrected chi connectivity index (χ1v) is 14.0. The number of nitrogens with two attached hydrogens (primary N) is 1. The van der Waals surface area contributed by atoms with Crippen molar-refractivity contribution in [2.75, 3.05) is 13.1 Å². The van der Waals surface area contributed by atoms with Crippen LogP contribution in [0.5, 0.6) is 0 Å². The molecule has 1 amide bonds. The average Bonchev–Trinajstić information content (AvgIpc) is 3.65. The highest BCUT2D eigenvalue weighted by Crippen LogP contribution is 2.30. The van der Waals surface area contributed by atoms with Crippen molar-refractivity contribution in [3.8, 4) is 22.7 Å². The van der Waals surface area contributed by atoms with Gasteiger partial charge in [0.15, 0.2) is 11.8 Å². The van der Waals surface area contributed by atoms with Gasteiger partial charge in [0.2, 0.25) is 0 Å². The second-order valence-corrected chi connectivity index (χ2v) is 11.1. The summed E-state index contributed by atoms with van der Waals surface area (Å²) in [5.74, 6) is 0.407. The number of fused-ring (bicyclic) bond motifs is 1. The number of rotatable bonds is 8. The van der Waals surface area contributed by atoms with Gasteiger partial charge in [-0.05, 0) is 36.1 Å².